The van der Waals surface area contributed by atoms with Gasteiger partial charge in [0.15, 0.2) is 5.76 Å². The molecular weight excluding hydrogens is 306 g/mol. The normalized spacial score (nSPS) is 14.6. The molecular formula is C19H21NO4. The molecule has 0 atom stereocenters. The Morgan fingerprint density at radius 3 is 2.71 bits per heavy atom. The van der Waals surface area contributed by atoms with Crippen LogP contribution in [0.3, 0.4) is 0 Å². The fourth-order valence-electron chi connectivity index (χ4n) is 3.19. The number of carboxylic acids is 1. The number of furan rings is 1. The number of carbonyl (C=O) groups excluding carboxylic acids is 1. The molecule has 0 fully saturated rings. The summed E-state index contributed by atoms with van der Waals surface area (Å²) in [7, 11) is 0. The molecule has 1 aromatic carbocycles. The molecule has 1 N–H and O–H groups in total. The molecule has 1 aromatic heterocycles. The van der Waals surface area contributed by atoms with E-state index in [1.165, 1.54) is 6.07 Å². The van der Waals surface area contributed by atoms with Crippen LogP contribution >= 0.6 is 0 Å². The van der Waals surface area contributed by atoms with Crippen LogP contribution in [0.5, 0.6) is 0 Å². The highest BCUT2D eigenvalue weighted by atomic mass is 16.4. The number of rotatable bonds is 3. The van der Waals surface area contributed by atoms with Crippen LogP contribution in [0.4, 0.5) is 5.69 Å². The lowest BCUT2D eigenvalue weighted by Gasteiger charge is -2.26. The van der Waals surface area contributed by atoms with Crippen LogP contribution in [0.25, 0.3) is 0 Å². The first-order chi connectivity index (χ1) is 11.6. The van der Waals surface area contributed by atoms with E-state index in [1.54, 1.807) is 4.90 Å². The Hall–Kier alpha value is -2.56. The zero-order chi connectivity index (χ0) is 17.1. The second-order valence-electron chi connectivity index (χ2n) is 6.00. The first kappa shape index (κ1) is 16.3. The SMILES string of the molecule is CCc1oc(C(=O)N2CCCCCc3ccccc32)cc1C(=O)O. The summed E-state index contributed by atoms with van der Waals surface area (Å²) in [6, 6.07) is 9.24. The van der Waals surface area contributed by atoms with E-state index in [1.807, 2.05) is 31.2 Å². The number of para-hydroxylation sites is 1. The molecule has 0 saturated heterocycles. The number of amides is 1. The van der Waals surface area contributed by atoms with E-state index >= 15 is 0 Å². The summed E-state index contributed by atoms with van der Waals surface area (Å²) in [5, 5.41) is 9.26. The summed E-state index contributed by atoms with van der Waals surface area (Å²) >= 11 is 0. The van der Waals surface area contributed by atoms with E-state index in [9.17, 15) is 14.7 Å². The Kier molecular flexibility index (Phi) is 4.69. The Labute approximate surface area is 140 Å². The summed E-state index contributed by atoms with van der Waals surface area (Å²) in [4.78, 5) is 26.0. The molecule has 2 aromatic rings. The van der Waals surface area contributed by atoms with E-state index in [2.05, 4.69) is 0 Å². The molecule has 24 heavy (non-hydrogen) atoms. The molecule has 1 amide bonds. The number of hydrogen-bond donors (Lipinski definition) is 1. The van der Waals surface area contributed by atoms with Gasteiger partial charge in [0.25, 0.3) is 5.91 Å². The molecule has 5 nitrogen and oxygen atoms in total. The maximum Gasteiger partial charge on any atom is 0.339 e. The number of benzene rings is 1. The van der Waals surface area contributed by atoms with Gasteiger partial charge < -0.3 is 14.4 Å². The number of aryl methyl sites for hydroxylation is 2. The summed E-state index contributed by atoms with van der Waals surface area (Å²) in [6.45, 7) is 2.42. The van der Waals surface area contributed by atoms with Gasteiger partial charge in [0, 0.05) is 24.7 Å². The smallest absolute Gasteiger partial charge is 0.339 e. The van der Waals surface area contributed by atoms with E-state index < -0.39 is 5.97 Å². The molecule has 5 heteroatoms. The summed E-state index contributed by atoms with van der Waals surface area (Å²) in [5.41, 5.74) is 2.11. The number of carbonyl (C=O) groups is 2. The van der Waals surface area contributed by atoms with Crippen molar-refractivity contribution >= 4 is 17.6 Å². The number of nitrogens with zero attached hydrogens (tertiary/aromatic N) is 1. The molecule has 0 unspecified atom stereocenters. The first-order valence-electron chi connectivity index (χ1n) is 8.37. The van der Waals surface area contributed by atoms with Crippen molar-refractivity contribution in [2.45, 2.75) is 39.0 Å². The quantitative estimate of drug-likeness (QED) is 0.927. The maximum absolute atomic E-state index is 13.0. The molecule has 0 saturated carbocycles. The molecule has 0 bridgehead atoms. The lowest BCUT2D eigenvalue weighted by atomic mass is 10.0. The van der Waals surface area contributed by atoms with Crippen molar-refractivity contribution in [2.75, 3.05) is 11.4 Å². The Morgan fingerprint density at radius 1 is 1.21 bits per heavy atom. The van der Waals surface area contributed by atoms with Crippen LogP contribution in [-0.4, -0.2) is 23.5 Å². The van der Waals surface area contributed by atoms with E-state index in [4.69, 9.17) is 4.42 Å². The zero-order valence-corrected chi connectivity index (χ0v) is 13.7. The number of carboxylic acid groups (broad SMARTS) is 1. The van der Waals surface area contributed by atoms with Gasteiger partial charge in [0.1, 0.15) is 11.3 Å². The van der Waals surface area contributed by atoms with Gasteiger partial charge in [-0.2, -0.15) is 0 Å². The molecule has 0 spiro atoms. The van der Waals surface area contributed by atoms with Crippen LogP contribution in [-0.2, 0) is 12.8 Å². The van der Waals surface area contributed by atoms with Gasteiger partial charge in [-0.1, -0.05) is 31.5 Å². The summed E-state index contributed by atoms with van der Waals surface area (Å²) < 4.78 is 5.56. The average molecular weight is 327 g/mol. The molecule has 0 aliphatic carbocycles. The van der Waals surface area contributed by atoms with Crippen molar-refractivity contribution < 1.29 is 19.1 Å². The number of aromatic carboxylic acids is 1. The molecule has 3 rings (SSSR count). The second kappa shape index (κ2) is 6.91. The lowest BCUT2D eigenvalue weighted by Crippen LogP contribution is -2.33. The minimum absolute atomic E-state index is 0.0705. The van der Waals surface area contributed by atoms with Gasteiger partial charge in [-0.3, -0.25) is 4.79 Å². The van der Waals surface area contributed by atoms with Gasteiger partial charge in [-0.05, 0) is 30.9 Å². The fourth-order valence-corrected chi connectivity index (χ4v) is 3.19. The van der Waals surface area contributed by atoms with E-state index in [0.717, 1.165) is 36.9 Å². The molecule has 126 valence electrons. The van der Waals surface area contributed by atoms with Crippen LogP contribution in [0.2, 0.25) is 0 Å². The average Bonchev–Trinajstić information content (AvgIpc) is 3.00. The second-order valence-corrected chi connectivity index (χ2v) is 6.00. The lowest BCUT2D eigenvalue weighted by molar-refractivity contribution is 0.0694. The molecule has 0 radical (unpaired) electrons. The fraction of sp³-hybridized carbons (Fsp3) is 0.368. The molecule has 1 aliphatic heterocycles. The standard InChI is InChI=1S/C19H21NO4/c1-2-16-14(19(22)23)12-17(24-16)18(21)20-11-7-3-4-8-13-9-5-6-10-15(13)20/h5-6,9-10,12H,2-4,7-8,11H2,1H3,(H,22,23). The largest absolute Gasteiger partial charge is 0.478 e. The monoisotopic (exact) mass is 327 g/mol. The van der Waals surface area contributed by atoms with Crippen molar-refractivity contribution in [2.24, 2.45) is 0 Å². The van der Waals surface area contributed by atoms with Gasteiger partial charge >= 0.3 is 5.97 Å². The van der Waals surface area contributed by atoms with Crippen molar-refractivity contribution in [3.05, 3.63) is 53.0 Å². The highest BCUT2D eigenvalue weighted by Crippen LogP contribution is 2.28. The summed E-state index contributed by atoms with van der Waals surface area (Å²) in [6.07, 6.45) is 4.48. The maximum atomic E-state index is 13.0. The van der Waals surface area contributed by atoms with Crippen LogP contribution in [0, 0.1) is 0 Å². The summed E-state index contributed by atoms with van der Waals surface area (Å²) in [5.74, 6) is -0.903. The van der Waals surface area contributed by atoms with Crippen LogP contribution in [0.15, 0.2) is 34.7 Å². The third-order valence-electron chi connectivity index (χ3n) is 4.43. The van der Waals surface area contributed by atoms with Gasteiger partial charge in [0.05, 0.1) is 0 Å². The van der Waals surface area contributed by atoms with Gasteiger partial charge in [0.2, 0.25) is 0 Å². The topological polar surface area (TPSA) is 70.8 Å². The van der Waals surface area contributed by atoms with Crippen molar-refractivity contribution in [3.63, 3.8) is 0 Å². The van der Waals surface area contributed by atoms with Crippen LogP contribution in [0.1, 0.15) is 58.4 Å². The van der Waals surface area contributed by atoms with Crippen LogP contribution < -0.4 is 4.90 Å². The van der Waals surface area contributed by atoms with Crippen molar-refractivity contribution in [3.8, 4) is 0 Å². The zero-order valence-electron chi connectivity index (χ0n) is 13.7. The first-order valence-corrected chi connectivity index (χ1v) is 8.37. The van der Waals surface area contributed by atoms with E-state index in [-0.39, 0.29) is 17.2 Å². The van der Waals surface area contributed by atoms with E-state index in [0.29, 0.717) is 18.7 Å². The molecule has 2 heterocycles. The Bertz CT molecular complexity index is 762. The number of hydrogen-bond acceptors (Lipinski definition) is 3. The van der Waals surface area contributed by atoms with Gasteiger partial charge in [-0.25, -0.2) is 4.79 Å². The minimum Gasteiger partial charge on any atom is -0.478 e. The number of fused-ring (bicyclic) bond motifs is 1. The van der Waals surface area contributed by atoms with Crippen molar-refractivity contribution in [1.29, 1.82) is 0 Å². The minimum atomic E-state index is -1.07. The van der Waals surface area contributed by atoms with Crippen molar-refractivity contribution in [1.82, 2.24) is 0 Å². The Balaban J connectivity index is 1.99. The third kappa shape index (κ3) is 3.07. The highest BCUT2D eigenvalue weighted by molar-refractivity contribution is 6.06. The Morgan fingerprint density at radius 2 is 2.00 bits per heavy atom. The predicted octanol–water partition coefficient (Wildman–Crippen LogP) is 3.91. The molecule has 1 aliphatic rings. The number of anilines is 1. The highest BCUT2D eigenvalue weighted by Gasteiger charge is 2.26. The third-order valence-corrected chi connectivity index (χ3v) is 4.43. The predicted molar refractivity (Wildman–Crippen MR) is 90.7 cm³/mol. The van der Waals surface area contributed by atoms with Gasteiger partial charge in [-0.15, -0.1) is 0 Å².